The summed E-state index contributed by atoms with van der Waals surface area (Å²) in [5, 5.41) is 11.4. The van der Waals surface area contributed by atoms with Gasteiger partial charge in [0.2, 0.25) is 0 Å². The standard InChI is InChI=1S/C21H26N4O4/c1-3-23-9-11-24(12-10-23)19-13-18(14-20(15-19)25(27)28)22(2)21(26)29-16-17-7-5-4-6-8-17/h4-8,13-15H,3,9-12,16H2,1-2H3. The molecule has 1 fully saturated rings. The average Bonchev–Trinajstić information content (AvgIpc) is 2.77. The second-order valence-corrected chi connectivity index (χ2v) is 6.99. The van der Waals surface area contributed by atoms with Crippen molar-refractivity contribution in [2.24, 2.45) is 0 Å². The number of carbonyl (C=O) groups excluding carboxylic acids is 1. The van der Waals surface area contributed by atoms with Gasteiger partial charge in [0.15, 0.2) is 0 Å². The zero-order chi connectivity index (χ0) is 20.8. The molecule has 8 nitrogen and oxygen atoms in total. The number of likely N-dealkylation sites (N-methyl/N-ethyl adjacent to an activating group) is 1. The van der Waals surface area contributed by atoms with Crippen LogP contribution in [0.5, 0.6) is 0 Å². The molecule has 1 saturated heterocycles. The lowest BCUT2D eigenvalue weighted by atomic mass is 10.2. The van der Waals surface area contributed by atoms with E-state index in [1.807, 2.05) is 30.3 Å². The molecule has 0 bridgehead atoms. The van der Waals surface area contributed by atoms with Gasteiger partial charge in [-0.3, -0.25) is 15.0 Å². The molecule has 0 spiro atoms. The molecular formula is C21H26N4O4. The van der Waals surface area contributed by atoms with Crippen LogP contribution < -0.4 is 9.80 Å². The van der Waals surface area contributed by atoms with E-state index in [2.05, 4.69) is 16.7 Å². The summed E-state index contributed by atoms with van der Waals surface area (Å²) in [7, 11) is 1.56. The van der Waals surface area contributed by atoms with Crippen LogP contribution in [0, 0.1) is 10.1 Å². The van der Waals surface area contributed by atoms with Crippen molar-refractivity contribution in [3.05, 3.63) is 64.2 Å². The molecule has 2 aromatic carbocycles. The van der Waals surface area contributed by atoms with E-state index in [0.717, 1.165) is 44.0 Å². The smallest absolute Gasteiger partial charge is 0.414 e. The molecule has 8 heteroatoms. The summed E-state index contributed by atoms with van der Waals surface area (Å²) in [5.41, 5.74) is 2.01. The maximum absolute atomic E-state index is 12.5. The molecule has 1 amide bonds. The highest BCUT2D eigenvalue weighted by molar-refractivity contribution is 5.88. The van der Waals surface area contributed by atoms with E-state index in [0.29, 0.717) is 5.69 Å². The predicted octanol–water partition coefficient (Wildman–Crippen LogP) is 3.51. The van der Waals surface area contributed by atoms with Crippen molar-refractivity contribution in [1.29, 1.82) is 0 Å². The lowest BCUT2D eigenvalue weighted by Gasteiger charge is -2.35. The maximum atomic E-state index is 12.5. The molecule has 0 N–H and O–H groups in total. The van der Waals surface area contributed by atoms with E-state index < -0.39 is 11.0 Å². The zero-order valence-corrected chi connectivity index (χ0v) is 16.8. The maximum Gasteiger partial charge on any atom is 0.414 e. The number of rotatable bonds is 6. The molecule has 3 rings (SSSR count). The minimum Gasteiger partial charge on any atom is -0.444 e. The summed E-state index contributed by atoms with van der Waals surface area (Å²) in [4.78, 5) is 29.2. The van der Waals surface area contributed by atoms with Crippen LogP contribution in [0.15, 0.2) is 48.5 Å². The Kier molecular flexibility index (Phi) is 6.66. The van der Waals surface area contributed by atoms with Crippen molar-refractivity contribution in [1.82, 2.24) is 4.90 Å². The number of hydrogen-bond acceptors (Lipinski definition) is 6. The van der Waals surface area contributed by atoms with E-state index in [9.17, 15) is 14.9 Å². The first-order valence-corrected chi connectivity index (χ1v) is 9.69. The van der Waals surface area contributed by atoms with Crippen LogP contribution in [0.25, 0.3) is 0 Å². The normalized spacial score (nSPS) is 14.5. The van der Waals surface area contributed by atoms with E-state index >= 15 is 0 Å². The zero-order valence-electron chi connectivity index (χ0n) is 16.8. The average molecular weight is 398 g/mol. The minimum absolute atomic E-state index is 0.0434. The van der Waals surface area contributed by atoms with Crippen LogP contribution in [-0.4, -0.2) is 55.7 Å². The fraction of sp³-hybridized carbons (Fsp3) is 0.381. The second-order valence-electron chi connectivity index (χ2n) is 6.99. The van der Waals surface area contributed by atoms with E-state index in [-0.39, 0.29) is 12.3 Å². The molecule has 1 heterocycles. The van der Waals surface area contributed by atoms with Gasteiger partial charge >= 0.3 is 6.09 Å². The molecule has 0 radical (unpaired) electrons. The molecule has 1 aliphatic rings. The van der Waals surface area contributed by atoms with E-state index in [1.165, 1.54) is 11.0 Å². The van der Waals surface area contributed by atoms with Crippen LogP contribution in [0.4, 0.5) is 21.9 Å². The van der Waals surface area contributed by atoms with Crippen LogP contribution in [0.3, 0.4) is 0 Å². The number of non-ortho nitro benzene ring substituents is 1. The third-order valence-corrected chi connectivity index (χ3v) is 5.15. The highest BCUT2D eigenvalue weighted by Crippen LogP contribution is 2.30. The third kappa shape index (κ3) is 5.23. The van der Waals surface area contributed by atoms with Gasteiger partial charge in [-0.25, -0.2) is 4.79 Å². The summed E-state index contributed by atoms with van der Waals surface area (Å²) in [5.74, 6) is 0. The monoisotopic (exact) mass is 398 g/mol. The summed E-state index contributed by atoms with van der Waals surface area (Å²) < 4.78 is 5.36. The van der Waals surface area contributed by atoms with Crippen molar-refractivity contribution < 1.29 is 14.5 Å². The molecule has 1 aliphatic heterocycles. The molecule has 29 heavy (non-hydrogen) atoms. The van der Waals surface area contributed by atoms with Crippen molar-refractivity contribution in [2.75, 3.05) is 49.6 Å². The Bertz CT molecular complexity index is 851. The van der Waals surface area contributed by atoms with Gasteiger partial charge in [-0.15, -0.1) is 0 Å². The van der Waals surface area contributed by atoms with Gasteiger partial charge in [-0.1, -0.05) is 37.3 Å². The summed E-state index contributed by atoms with van der Waals surface area (Å²) in [6, 6.07) is 14.1. The van der Waals surface area contributed by atoms with Crippen LogP contribution >= 0.6 is 0 Å². The quantitative estimate of drug-likeness (QED) is 0.547. The number of anilines is 2. The summed E-state index contributed by atoms with van der Waals surface area (Å²) in [6.07, 6.45) is -0.559. The Labute approximate surface area is 170 Å². The number of piperazine rings is 1. The van der Waals surface area contributed by atoms with Crippen molar-refractivity contribution in [3.63, 3.8) is 0 Å². The third-order valence-electron chi connectivity index (χ3n) is 5.15. The molecule has 0 atom stereocenters. The summed E-state index contributed by atoms with van der Waals surface area (Å²) in [6.45, 7) is 6.64. The number of nitro groups is 1. The van der Waals surface area contributed by atoms with Crippen LogP contribution in [0.1, 0.15) is 12.5 Å². The lowest BCUT2D eigenvalue weighted by Crippen LogP contribution is -2.46. The number of nitrogens with zero attached hydrogens (tertiary/aromatic N) is 4. The second kappa shape index (κ2) is 9.38. The van der Waals surface area contributed by atoms with Gasteiger partial charge in [-0.05, 0) is 18.2 Å². The largest absolute Gasteiger partial charge is 0.444 e. The predicted molar refractivity (Wildman–Crippen MR) is 112 cm³/mol. The Morgan fingerprint density at radius 2 is 1.83 bits per heavy atom. The van der Waals surface area contributed by atoms with Crippen molar-refractivity contribution >= 4 is 23.2 Å². The molecule has 154 valence electrons. The number of ether oxygens (including phenoxy) is 1. The number of hydrogen-bond donors (Lipinski definition) is 0. The van der Waals surface area contributed by atoms with Gasteiger partial charge in [-0.2, -0.15) is 0 Å². The first-order valence-electron chi connectivity index (χ1n) is 9.69. The Morgan fingerprint density at radius 3 is 2.45 bits per heavy atom. The van der Waals surface area contributed by atoms with Gasteiger partial charge in [0.05, 0.1) is 10.6 Å². The Morgan fingerprint density at radius 1 is 1.14 bits per heavy atom. The fourth-order valence-corrected chi connectivity index (χ4v) is 3.31. The minimum atomic E-state index is -0.559. The van der Waals surface area contributed by atoms with E-state index in [1.54, 1.807) is 19.2 Å². The number of nitro benzene ring substituents is 1. The highest BCUT2D eigenvalue weighted by atomic mass is 16.6. The number of carbonyl (C=O) groups is 1. The molecule has 0 aromatic heterocycles. The van der Waals surface area contributed by atoms with E-state index in [4.69, 9.17) is 4.74 Å². The molecule has 0 saturated carbocycles. The van der Waals surface area contributed by atoms with Crippen LogP contribution in [0.2, 0.25) is 0 Å². The highest BCUT2D eigenvalue weighted by Gasteiger charge is 2.22. The van der Waals surface area contributed by atoms with Gasteiger partial charge in [0.25, 0.3) is 5.69 Å². The Balaban J connectivity index is 1.75. The van der Waals surface area contributed by atoms with Crippen molar-refractivity contribution in [2.45, 2.75) is 13.5 Å². The first kappa shape index (κ1) is 20.6. The molecule has 0 unspecified atom stereocenters. The van der Waals surface area contributed by atoms with Gasteiger partial charge in [0.1, 0.15) is 6.61 Å². The van der Waals surface area contributed by atoms with Gasteiger partial charge < -0.3 is 14.5 Å². The lowest BCUT2D eigenvalue weighted by molar-refractivity contribution is -0.384. The van der Waals surface area contributed by atoms with Gasteiger partial charge in [0, 0.05) is 51.0 Å². The molecular weight excluding hydrogens is 372 g/mol. The number of amides is 1. The molecule has 0 aliphatic carbocycles. The Hall–Kier alpha value is -3.13. The topological polar surface area (TPSA) is 79.2 Å². The number of benzene rings is 2. The van der Waals surface area contributed by atoms with Crippen molar-refractivity contribution in [3.8, 4) is 0 Å². The first-order chi connectivity index (χ1) is 14.0. The SMILES string of the molecule is CCN1CCN(c2cc(N(C)C(=O)OCc3ccccc3)cc([N+](=O)[O-])c2)CC1. The summed E-state index contributed by atoms with van der Waals surface area (Å²) >= 11 is 0. The molecule has 2 aromatic rings. The van der Waals surface area contributed by atoms with Crippen LogP contribution in [-0.2, 0) is 11.3 Å². The fourth-order valence-electron chi connectivity index (χ4n) is 3.31.